The molecule has 0 fully saturated rings. The normalized spacial score (nSPS) is 12.4. The Balaban J connectivity index is 2.02. The van der Waals surface area contributed by atoms with Gasteiger partial charge in [-0.3, -0.25) is 13.9 Å². The van der Waals surface area contributed by atoms with Crippen molar-refractivity contribution in [2.24, 2.45) is 0 Å². The maximum absolute atomic E-state index is 13.9. The molecule has 0 saturated carbocycles. The fourth-order valence-electron chi connectivity index (χ4n) is 4.08. The predicted molar refractivity (Wildman–Crippen MR) is 158 cm³/mol. The number of rotatable bonds is 11. The van der Waals surface area contributed by atoms with Crippen molar-refractivity contribution in [2.45, 2.75) is 64.6 Å². The molecule has 3 aromatic carbocycles. The second-order valence-electron chi connectivity index (χ2n) is 10.8. The molecule has 1 N–H and O–H groups in total. The number of nitrogens with one attached hydrogen (secondary N) is 1. The Morgan fingerprint density at radius 1 is 0.951 bits per heavy atom. The lowest BCUT2D eigenvalue weighted by Gasteiger charge is -2.33. The fourth-order valence-corrected chi connectivity index (χ4v) is 5.50. The standard InChI is InChI=1S/C31H38FN3O5S/c1-7-40-27-16-18-28(19-17-27)41(38,39)35(26-14-8-22(2)9-15-26)21-29(36)34(20-24-10-12-25(32)13-11-24)23(3)30(37)33-31(4,5)6/h8-19,23H,7,20-21H2,1-6H3,(H,33,37). The summed E-state index contributed by atoms with van der Waals surface area (Å²) in [7, 11) is -4.20. The van der Waals surface area contributed by atoms with Gasteiger partial charge >= 0.3 is 0 Å². The van der Waals surface area contributed by atoms with Crippen molar-refractivity contribution in [3.05, 3.63) is 89.7 Å². The Morgan fingerprint density at radius 3 is 2.07 bits per heavy atom. The van der Waals surface area contributed by atoms with Crippen LogP contribution in [0.15, 0.2) is 77.7 Å². The number of benzene rings is 3. The van der Waals surface area contributed by atoms with Crippen molar-refractivity contribution in [2.75, 3.05) is 17.5 Å². The van der Waals surface area contributed by atoms with Crippen molar-refractivity contribution in [3.8, 4) is 5.75 Å². The van der Waals surface area contributed by atoms with Crippen molar-refractivity contribution in [1.82, 2.24) is 10.2 Å². The highest BCUT2D eigenvalue weighted by Crippen LogP contribution is 2.26. The monoisotopic (exact) mass is 583 g/mol. The van der Waals surface area contributed by atoms with E-state index < -0.39 is 45.8 Å². The molecule has 41 heavy (non-hydrogen) atoms. The number of halogens is 1. The van der Waals surface area contributed by atoms with Crippen LogP contribution in [0.2, 0.25) is 0 Å². The van der Waals surface area contributed by atoms with Gasteiger partial charge in [-0.15, -0.1) is 0 Å². The van der Waals surface area contributed by atoms with E-state index >= 15 is 0 Å². The van der Waals surface area contributed by atoms with E-state index in [1.54, 1.807) is 43.3 Å². The minimum atomic E-state index is -4.20. The topological polar surface area (TPSA) is 96.0 Å². The Hall–Kier alpha value is -3.92. The Morgan fingerprint density at radius 2 is 1.54 bits per heavy atom. The van der Waals surface area contributed by atoms with E-state index in [-0.39, 0.29) is 11.4 Å². The molecule has 0 saturated heterocycles. The van der Waals surface area contributed by atoms with Crippen LogP contribution >= 0.6 is 0 Å². The summed E-state index contributed by atoms with van der Waals surface area (Å²) in [6.45, 7) is 10.6. The van der Waals surface area contributed by atoms with Crippen LogP contribution in [0, 0.1) is 12.7 Å². The molecule has 0 radical (unpaired) electrons. The van der Waals surface area contributed by atoms with E-state index in [1.807, 2.05) is 34.6 Å². The molecule has 8 nitrogen and oxygen atoms in total. The summed E-state index contributed by atoms with van der Waals surface area (Å²) >= 11 is 0. The third-order valence-electron chi connectivity index (χ3n) is 6.26. The quantitative estimate of drug-likeness (QED) is 0.341. The molecule has 3 aromatic rings. The highest BCUT2D eigenvalue weighted by atomic mass is 32.2. The lowest BCUT2D eigenvalue weighted by Crippen LogP contribution is -2.54. The van der Waals surface area contributed by atoms with Crippen LogP contribution in [-0.2, 0) is 26.2 Å². The van der Waals surface area contributed by atoms with E-state index in [0.29, 0.717) is 23.6 Å². The van der Waals surface area contributed by atoms with Crippen molar-refractivity contribution < 1.29 is 27.1 Å². The molecule has 0 spiro atoms. The van der Waals surface area contributed by atoms with Gasteiger partial charge in [-0.05, 0) is 95.6 Å². The van der Waals surface area contributed by atoms with Crippen LogP contribution in [0.5, 0.6) is 5.75 Å². The van der Waals surface area contributed by atoms with E-state index in [0.717, 1.165) is 9.87 Å². The maximum atomic E-state index is 13.9. The van der Waals surface area contributed by atoms with Gasteiger partial charge in [0.05, 0.1) is 17.2 Å². The number of sulfonamides is 1. The average molecular weight is 584 g/mol. The first-order valence-corrected chi connectivity index (χ1v) is 14.8. The molecule has 220 valence electrons. The van der Waals surface area contributed by atoms with E-state index in [1.165, 1.54) is 41.3 Å². The zero-order valence-electron chi connectivity index (χ0n) is 24.3. The summed E-state index contributed by atoms with van der Waals surface area (Å²) in [6.07, 6.45) is 0. The van der Waals surface area contributed by atoms with Crippen molar-refractivity contribution in [1.29, 1.82) is 0 Å². The lowest BCUT2D eigenvalue weighted by atomic mass is 10.1. The maximum Gasteiger partial charge on any atom is 0.264 e. The number of carbonyl (C=O) groups is 2. The Bertz CT molecular complexity index is 1440. The predicted octanol–water partition coefficient (Wildman–Crippen LogP) is 5.06. The van der Waals surface area contributed by atoms with Crippen LogP contribution in [-0.4, -0.2) is 49.9 Å². The first kappa shape index (κ1) is 31.6. The van der Waals surface area contributed by atoms with Crippen molar-refractivity contribution >= 4 is 27.5 Å². The number of anilines is 1. The van der Waals surface area contributed by atoms with Gasteiger partial charge in [0.15, 0.2) is 0 Å². The van der Waals surface area contributed by atoms with Crippen LogP contribution in [0.1, 0.15) is 45.7 Å². The molecule has 1 unspecified atom stereocenters. The van der Waals surface area contributed by atoms with Gasteiger partial charge in [-0.2, -0.15) is 0 Å². The first-order valence-electron chi connectivity index (χ1n) is 13.4. The molecule has 1 atom stereocenters. The third-order valence-corrected chi connectivity index (χ3v) is 8.04. The number of amides is 2. The summed E-state index contributed by atoms with van der Waals surface area (Å²) in [6, 6.07) is 17.4. The minimum absolute atomic E-state index is 0.0158. The number of ether oxygens (including phenoxy) is 1. The van der Waals surface area contributed by atoms with Crippen LogP contribution < -0.4 is 14.4 Å². The number of carbonyl (C=O) groups excluding carboxylic acids is 2. The zero-order valence-corrected chi connectivity index (χ0v) is 25.2. The molecular formula is C31H38FN3O5S. The number of hydrogen-bond acceptors (Lipinski definition) is 5. The van der Waals surface area contributed by atoms with Gasteiger partial charge in [0.1, 0.15) is 24.2 Å². The Kier molecular flexibility index (Phi) is 10.1. The highest BCUT2D eigenvalue weighted by Gasteiger charge is 2.33. The summed E-state index contributed by atoms with van der Waals surface area (Å²) in [5.74, 6) is -0.907. The summed E-state index contributed by atoms with van der Waals surface area (Å²) in [5.41, 5.74) is 1.25. The molecule has 0 aliphatic heterocycles. The molecule has 0 bridgehead atoms. The molecule has 0 heterocycles. The number of nitrogens with zero attached hydrogens (tertiary/aromatic N) is 2. The van der Waals surface area contributed by atoms with Gasteiger partial charge in [-0.25, -0.2) is 12.8 Å². The van der Waals surface area contributed by atoms with Crippen LogP contribution in [0.25, 0.3) is 0 Å². The first-order chi connectivity index (χ1) is 19.2. The van der Waals surface area contributed by atoms with Gasteiger partial charge in [-0.1, -0.05) is 29.8 Å². The molecule has 0 aliphatic carbocycles. The second kappa shape index (κ2) is 13.2. The van der Waals surface area contributed by atoms with Gasteiger partial charge < -0.3 is 15.0 Å². The summed E-state index contributed by atoms with van der Waals surface area (Å²) in [4.78, 5) is 28.4. The lowest BCUT2D eigenvalue weighted by molar-refractivity contribution is -0.140. The van der Waals surface area contributed by atoms with E-state index in [4.69, 9.17) is 4.74 Å². The number of aryl methyl sites for hydroxylation is 1. The van der Waals surface area contributed by atoms with E-state index in [9.17, 15) is 22.4 Å². The minimum Gasteiger partial charge on any atom is -0.494 e. The van der Waals surface area contributed by atoms with Gasteiger partial charge in [0.2, 0.25) is 11.8 Å². The molecular weight excluding hydrogens is 545 g/mol. The molecule has 10 heteroatoms. The Labute approximate surface area is 242 Å². The SMILES string of the molecule is CCOc1ccc(S(=O)(=O)N(CC(=O)N(Cc2ccc(F)cc2)C(C)C(=O)NC(C)(C)C)c2ccc(C)cc2)cc1. The highest BCUT2D eigenvalue weighted by molar-refractivity contribution is 7.92. The fraction of sp³-hybridized carbons (Fsp3) is 0.355. The van der Waals surface area contributed by atoms with Gasteiger partial charge in [0.25, 0.3) is 10.0 Å². The second-order valence-corrected chi connectivity index (χ2v) is 12.7. The molecule has 0 aliphatic rings. The van der Waals surface area contributed by atoms with Crippen molar-refractivity contribution in [3.63, 3.8) is 0 Å². The summed E-state index contributed by atoms with van der Waals surface area (Å²) in [5, 5.41) is 2.88. The average Bonchev–Trinajstić information content (AvgIpc) is 2.91. The summed E-state index contributed by atoms with van der Waals surface area (Å²) < 4.78 is 47.9. The van der Waals surface area contributed by atoms with Crippen LogP contribution in [0.4, 0.5) is 10.1 Å². The largest absolute Gasteiger partial charge is 0.494 e. The van der Waals surface area contributed by atoms with E-state index in [2.05, 4.69) is 5.32 Å². The van der Waals surface area contributed by atoms with Crippen LogP contribution in [0.3, 0.4) is 0 Å². The molecule has 3 rings (SSSR count). The zero-order chi connectivity index (χ0) is 30.4. The third kappa shape index (κ3) is 8.53. The van der Waals surface area contributed by atoms with Gasteiger partial charge in [0, 0.05) is 12.1 Å². The smallest absolute Gasteiger partial charge is 0.264 e. The molecule has 0 aromatic heterocycles. The number of hydrogen-bond donors (Lipinski definition) is 1. The molecule has 2 amide bonds.